The standard InChI is InChI=1S/C21H27ClN4O2/c22-18-9-4-3-7-17(18)14-28-15-20(27)25-11-6-8-16(13-25)21-24-23-19-10-2-1-5-12-26(19)21/h3-4,7,9,16H,1-2,5-6,8,10-15H2. The van der Waals surface area contributed by atoms with Crippen molar-refractivity contribution in [1.29, 1.82) is 0 Å². The monoisotopic (exact) mass is 402 g/mol. The van der Waals surface area contributed by atoms with E-state index in [0.29, 0.717) is 18.2 Å². The van der Waals surface area contributed by atoms with Gasteiger partial charge in [0.2, 0.25) is 5.91 Å². The lowest BCUT2D eigenvalue weighted by Gasteiger charge is -2.32. The molecule has 0 N–H and O–H groups in total. The van der Waals surface area contributed by atoms with Gasteiger partial charge < -0.3 is 14.2 Å². The van der Waals surface area contributed by atoms with Crippen LogP contribution in [-0.2, 0) is 29.1 Å². The van der Waals surface area contributed by atoms with E-state index in [2.05, 4.69) is 14.8 Å². The number of carbonyl (C=O) groups excluding carboxylic acids is 1. The number of rotatable bonds is 5. The number of benzene rings is 1. The number of carbonyl (C=O) groups is 1. The maximum atomic E-state index is 12.7. The predicted molar refractivity (Wildman–Crippen MR) is 107 cm³/mol. The van der Waals surface area contributed by atoms with E-state index < -0.39 is 0 Å². The van der Waals surface area contributed by atoms with Crippen LogP contribution in [0.1, 0.15) is 55.2 Å². The number of fused-ring (bicyclic) bond motifs is 1. The van der Waals surface area contributed by atoms with Crippen LogP contribution in [0.2, 0.25) is 5.02 Å². The van der Waals surface area contributed by atoms with E-state index in [1.807, 2.05) is 29.2 Å². The fourth-order valence-corrected chi connectivity index (χ4v) is 4.37. The number of piperidine rings is 1. The Balaban J connectivity index is 1.34. The highest BCUT2D eigenvalue weighted by molar-refractivity contribution is 6.31. The first-order chi connectivity index (χ1) is 13.7. The van der Waals surface area contributed by atoms with Gasteiger partial charge in [0.05, 0.1) is 6.61 Å². The average molecular weight is 403 g/mol. The van der Waals surface area contributed by atoms with E-state index in [1.165, 1.54) is 19.3 Å². The molecule has 3 heterocycles. The number of ether oxygens (including phenoxy) is 1. The van der Waals surface area contributed by atoms with E-state index in [4.69, 9.17) is 16.3 Å². The molecule has 1 saturated heterocycles. The molecule has 0 aliphatic carbocycles. The van der Waals surface area contributed by atoms with Crippen molar-refractivity contribution in [2.75, 3.05) is 19.7 Å². The molecule has 0 bridgehead atoms. The number of nitrogens with zero attached hydrogens (tertiary/aromatic N) is 4. The third kappa shape index (κ3) is 4.39. The third-order valence-electron chi connectivity index (χ3n) is 5.72. The van der Waals surface area contributed by atoms with Crippen LogP contribution in [-0.4, -0.2) is 45.3 Å². The van der Waals surface area contributed by atoms with Crippen molar-refractivity contribution in [2.24, 2.45) is 0 Å². The molecule has 2 aromatic rings. The van der Waals surface area contributed by atoms with Gasteiger partial charge in [-0.1, -0.05) is 36.2 Å². The number of halogens is 1. The van der Waals surface area contributed by atoms with Crippen LogP contribution in [0.5, 0.6) is 0 Å². The Kier molecular flexibility index (Phi) is 6.27. The van der Waals surface area contributed by atoms with Crippen LogP contribution in [0, 0.1) is 0 Å². The van der Waals surface area contributed by atoms with Crippen molar-refractivity contribution in [1.82, 2.24) is 19.7 Å². The molecule has 7 heteroatoms. The third-order valence-corrected chi connectivity index (χ3v) is 6.09. The molecule has 1 fully saturated rings. The van der Waals surface area contributed by atoms with Crippen LogP contribution < -0.4 is 0 Å². The Bertz CT molecular complexity index is 822. The van der Waals surface area contributed by atoms with Crippen molar-refractivity contribution in [3.63, 3.8) is 0 Å². The van der Waals surface area contributed by atoms with Crippen molar-refractivity contribution in [3.8, 4) is 0 Å². The summed E-state index contributed by atoms with van der Waals surface area (Å²) in [5.41, 5.74) is 0.902. The summed E-state index contributed by atoms with van der Waals surface area (Å²) in [6.07, 6.45) is 6.68. The molecule has 150 valence electrons. The SMILES string of the molecule is O=C(COCc1ccccc1Cl)N1CCCC(c2nnc3n2CCCCC3)C1. The van der Waals surface area contributed by atoms with Gasteiger partial charge >= 0.3 is 0 Å². The van der Waals surface area contributed by atoms with Gasteiger partial charge in [0.15, 0.2) is 0 Å². The molecule has 28 heavy (non-hydrogen) atoms. The van der Waals surface area contributed by atoms with Crippen molar-refractivity contribution < 1.29 is 9.53 Å². The van der Waals surface area contributed by atoms with Crippen LogP contribution in [0.3, 0.4) is 0 Å². The number of amides is 1. The van der Waals surface area contributed by atoms with Crippen LogP contribution in [0.4, 0.5) is 0 Å². The number of likely N-dealkylation sites (tertiary alicyclic amines) is 1. The van der Waals surface area contributed by atoms with Crippen LogP contribution >= 0.6 is 11.6 Å². The van der Waals surface area contributed by atoms with Gasteiger partial charge in [-0.25, -0.2) is 0 Å². The van der Waals surface area contributed by atoms with E-state index in [0.717, 1.165) is 49.6 Å². The highest BCUT2D eigenvalue weighted by atomic mass is 35.5. The maximum absolute atomic E-state index is 12.7. The first-order valence-corrected chi connectivity index (χ1v) is 10.6. The number of hydrogen-bond donors (Lipinski definition) is 0. The largest absolute Gasteiger partial charge is 0.367 e. The van der Waals surface area contributed by atoms with Crippen molar-refractivity contribution >= 4 is 17.5 Å². The second-order valence-corrected chi connectivity index (χ2v) is 8.11. The van der Waals surface area contributed by atoms with Crippen LogP contribution in [0.15, 0.2) is 24.3 Å². The molecule has 2 aliphatic rings. The average Bonchev–Trinajstić information content (AvgIpc) is 2.98. The van der Waals surface area contributed by atoms with Crippen molar-refractivity contribution in [3.05, 3.63) is 46.5 Å². The lowest BCUT2D eigenvalue weighted by Crippen LogP contribution is -2.41. The van der Waals surface area contributed by atoms with Crippen molar-refractivity contribution in [2.45, 2.75) is 57.6 Å². The summed E-state index contributed by atoms with van der Waals surface area (Å²) >= 11 is 6.14. The molecule has 1 aromatic heterocycles. The van der Waals surface area contributed by atoms with E-state index >= 15 is 0 Å². The number of hydrogen-bond acceptors (Lipinski definition) is 4. The molecule has 0 radical (unpaired) electrons. The van der Waals surface area contributed by atoms with Gasteiger partial charge in [-0.3, -0.25) is 4.79 Å². The highest BCUT2D eigenvalue weighted by Crippen LogP contribution is 2.28. The summed E-state index contributed by atoms with van der Waals surface area (Å²) < 4.78 is 7.94. The minimum absolute atomic E-state index is 0.0346. The Morgan fingerprint density at radius 1 is 1.14 bits per heavy atom. The summed E-state index contributed by atoms with van der Waals surface area (Å²) in [5, 5.41) is 9.59. The lowest BCUT2D eigenvalue weighted by molar-refractivity contribution is -0.137. The molecule has 1 amide bonds. The first kappa shape index (κ1) is 19.4. The summed E-state index contributed by atoms with van der Waals surface area (Å²) in [7, 11) is 0. The molecular weight excluding hydrogens is 376 g/mol. The van der Waals surface area contributed by atoms with Gasteiger partial charge in [-0.2, -0.15) is 0 Å². The number of aromatic nitrogens is 3. The Morgan fingerprint density at radius 3 is 2.93 bits per heavy atom. The fraction of sp³-hybridized carbons (Fsp3) is 0.571. The molecule has 6 nitrogen and oxygen atoms in total. The van der Waals surface area contributed by atoms with E-state index in [-0.39, 0.29) is 18.4 Å². The van der Waals surface area contributed by atoms with Gasteiger partial charge in [0.25, 0.3) is 0 Å². The summed E-state index contributed by atoms with van der Waals surface area (Å²) in [6.45, 7) is 2.91. The molecule has 1 aromatic carbocycles. The molecule has 0 saturated carbocycles. The predicted octanol–water partition coefficient (Wildman–Crippen LogP) is 3.58. The quantitative estimate of drug-likeness (QED) is 0.766. The Hall–Kier alpha value is -1.92. The zero-order valence-electron chi connectivity index (χ0n) is 16.1. The fourth-order valence-electron chi connectivity index (χ4n) is 4.18. The van der Waals surface area contributed by atoms with E-state index in [9.17, 15) is 4.79 Å². The molecule has 1 atom stereocenters. The van der Waals surface area contributed by atoms with E-state index in [1.54, 1.807) is 0 Å². The second kappa shape index (κ2) is 9.05. The van der Waals surface area contributed by atoms with Gasteiger partial charge in [-0.05, 0) is 37.3 Å². The smallest absolute Gasteiger partial charge is 0.248 e. The lowest BCUT2D eigenvalue weighted by atomic mass is 9.97. The Morgan fingerprint density at radius 2 is 2.04 bits per heavy atom. The molecule has 2 aliphatic heterocycles. The van der Waals surface area contributed by atoms with Gasteiger partial charge in [-0.15, -0.1) is 10.2 Å². The normalized spacial score (nSPS) is 19.9. The minimum Gasteiger partial charge on any atom is -0.367 e. The summed E-state index contributed by atoms with van der Waals surface area (Å²) in [4.78, 5) is 14.6. The molecule has 4 rings (SSSR count). The molecule has 1 unspecified atom stereocenters. The summed E-state index contributed by atoms with van der Waals surface area (Å²) in [5.74, 6) is 2.47. The Labute approximate surface area is 170 Å². The maximum Gasteiger partial charge on any atom is 0.248 e. The summed E-state index contributed by atoms with van der Waals surface area (Å²) in [6, 6.07) is 7.55. The minimum atomic E-state index is 0.0346. The highest BCUT2D eigenvalue weighted by Gasteiger charge is 2.29. The number of aryl methyl sites for hydroxylation is 1. The molecular formula is C21H27ClN4O2. The topological polar surface area (TPSA) is 60.2 Å². The zero-order valence-corrected chi connectivity index (χ0v) is 16.9. The van der Waals surface area contributed by atoms with Gasteiger partial charge in [0, 0.05) is 37.0 Å². The zero-order chi connectivity index (χ0) is 19.3. The van der Waals surface area contributed by atoms with Gasteiger partial charge in [0.1, 0.15) is 18.3 Å². The second-order valence-electron chi connectivity index (χ2n) is 7.70. The molecule has 0 spiro atoms. The first-order valence-electron chi connectivity index (χ1n) is 10.2. The van der Waals surface area contributed by atoms with Crippen LogP contribution in [0.25, 0.3) is 0 Å².